The molecule has 0 spiro atoms. The highest BCUT2D eigenvalue weighted by molar-refractivity contribution is 8.13. The third-order valence-electron chi connectivity index (χ3n) is 4.30. The summed E-state index contributed by atoms with van der Waals surface area (Å²) in [5.74, 6) is -0.634. The smallest absolute Gasteiger partial charge is 0.264 e. The van der Waals surface area contributed by atoms with E-state index in [4.69, 9.17) is 17.8 Å². The summed E-state index contributed by atoms with van der Waals surface area (Å²) in [6.07, 6.45) is -3.81. The number of hydrogen-bond acceptors (Lipinski definition) is 11. The summed E-state index contributed by atoms with van der Waals surface area (Å²) in [7, 11) is -8.25. The van der Waals surface area contributed by atoms with Gasteiger partial charge in [-0.15, -0.1) is 0 Å². The predicted molar refractivity (Wildman–Crippen MR) is 120 cm³/mol. The average molecular weight is 526 g/mol. The molecule has 1 aliphatic rings. The molecule has 1 N–H and O–H groups in total. The van der Waals surface area contributed by atoms with Crippen molar-refractivity contribution >= 4 is 43.0 Å². The second-order valence-corrected chi connectivity index (χ2v) is 11.8. The second-order valence-electron chi connectivity index (χ2n) is 7.40. The molecule has 186 valence electrons. The van der Waals surface area contributed by atoms with Crippen molar-refractivity contribution in [2.75, 3.05) is 18.3 Å². The summed E-state index contributed by atoms with van der Waals surface area (Å²) < 4.78 is 70.0. The molecule has 1 fully saturated rings. The number of carbonyl (C=O) groups excluding carboxylic acids is 2. The number of benzene rings is 1. The number of thioether (sulfide) groups is 1. The molecule has 0 radical (unpaired) electrons. The molecule has 0 unspecified atom stereocenters. The van der Waals surface area contributed by atoms with Crippen LogP contribution < -0.4 is 5.32 Å². The van der Waals surface area contributed by atoms with E-state index in [0.717, 1.165) is 29.8 Å². The Kier molecular flexibility index (Phi) is 9.84. The third-order valence-corrected chi connectivity index (χ3v) is 6.34. The molecule has 1 saturated heterocycles. The first-order valence-corrected chi connectivity index (χ1v) is 14.3. The van der Waals surface area contributed by atoms with E-state index in [1.807, 2.05) is 6.07 Å². The second kappa shape index (κ2) is 11.7. The Hall–Kier alpha value is -1.55. The molecular weight excluding hydrogens is 498 g/mol. The Bertz CT molecular complexity index is 1030. The SMILES string of the molecule is CC(=O)N[C@@H]1[C@H](OCc2ccccc2)O[C@@H](CSC(C)=O)[C@@H](OS(C)(=O)=O)[C@@H]1OS(C)(=O)=O. The molecule has 5 atom stereocenters. The monoisotopic (exact) mass is 525 g/mol. The Labute approximate surface area is 197 Å². The van der Waals surface area contributed by atoms with Crippen LogP contribution in [0.15, 0.2) is 30.3 Å². The van der Waals surface area contributed by atoms with Gasteiger partial charge in [-0.05, 0) is 5.56 Å². The number of amides is 1. The Morgan fingerprint density at radius 3 is 2.09 bits per heavy atom. The van der Waals surface area contributed by atoms with E-state index in [0.29, 0.717) is 0 Å². The maximum Gasteiger partial charge on any atom is 0.264 e. The van der Waals surface area contributed by atoms with Gasteiger partial charge in [0.1, 0.15) is 24.4 Å². The maximum atomic E-state index is 12.0. The zero-order valence-electron chi connectivity index (χ0n) is 18.5. The van der Waals surface area contributed by atoms with Crippen molar-refractivity contribution in [2.45, 2.75) is 51.1 Å². The molecule has 1 heterocycles. The van der Waals surface area contributed by atoms with Gasteiger partial charge >= 0.3 is 0 Å². The fourth-order valence-electron chi connectivity index (χ4n) is 3.15. The van der Waals surface area contributed by atoms with Crippen molar-refractivity contribution in [3.8, 4) is 0 Å². The molecule has 2 rings (SSSR count). The van der Waals surface area contributed by atoms with Gasteiger partial charge in [0.2, 0.25) is 5.91 Å². The lowest BCUT2D eigenvalue weighted by Gasteiger charge is -2.45. The predicted octanol–water partition coefficient (Wildman–Crippen LogP) is 0.402. The van der Waals surface area contributed by atoms with Crippen LogP contribution in [0.4, 0.5) is 0 Å². The van der Waals surface area contributed by atoms with Crippen LogP contribution in [-0.4, -0.2) is 76.8 Å². The van der Waals surface area contributed by atoms with Gasteiger partial charge in [0.05, 0.1) is 19.1 Å². The number of hydrogen-bond donors (Lipinski definition) is 1. The van der Waals surface area contributed by atoms with E-state index in [1.54, 1.807) is 24.3 Å². The van der Waals surface area contributed by atoms with Gasteiger partial charge in [-0.2, -0.15) is 16.8 Å². The minimum atomic E-state index is -4.14. The van der Waals surface area contributed by atoms with Crippen molar-refractivity contribution in [2.24, 2.45) is 0 Å². The standard InChI is InChI=1S/C19H27NO10S3/c1-12(21)20-16-18(30-33(4,25)26)17(29-32(3,23)24)15(11-31-13(2)22)28-19(16)27-10-14-8-6-5-7-9-14/h5-9,15-19H,10-11H2,1-4H3,(H,20,21)/t15-,16-,17+,18+,19+/m0/s1. The lowest BCUT2D eigenvalue weighted by Crippen LogP contribution is -2.66. The topological polar surface area (TPSA) is 151 Å². The highest BCUT2D eigenvalue weighted by Gasteiger charge is 2.51. The molecule has 1 aromatic carbocycles. The van der Waals surface area contributed by atoms with Gasteiger partial charge in [-0.1, -0.05) is 42.1 Å². The fourth-order valence-corrected chi connectivity index (χ4v) is 5.09. The van der Waals surface area contributed by atoms with Crippen molar-refractivity contribution in [3.63, 3.8) is 0 Å². The van der Waals surface area contributed by atoms with E-state index in [1.165, 1.54) is 13.8 Å². The summed E-state index contributed by atoms with van der Waals surface area (Å²) in [5, 5.41) is 2.24. The highest BCUT2D eigenvalue weighted by atomic mass is 32.2. The van der Waals surface area contributed by atoms with Gasteiger partial charge < -0.3 is 14.8 Å². The van der Waals surface area contributed by atoms with Crippen LogP contribution in [0.5, 0.6) is 0 Å². The van der Waals surface area contributed by atoms with Crippen LogP contribution in [0.2, 0.25) is 0 Å². The normalized spacial score (nSPS) is 26.0. The minimum Gasteiger partial charge on any atom is -0.346 e. The van der Waals surface area contributed by atoms with Gasteiger partial charge in [-0.25, -0.2) is 0 Å². The number of rotatable bonds is 10. The fraction of sp³-hybridized carbons (Fsp3) is 0.579. The number of carbonyl (C=O) groups is 2. The summed E-state index contributed by atoms with van der Waals surface area (Å²) in [4.78, 5) is 23.4. The largest absolute Gasteiger partial charge is 0.346 e. The van der Waals surface area contributed by atoms with Crippen molar-refractivity contribution in [1.29, 1.82) is 0 Å². The van der Waals surface area contributed by atoms with Crippen LogP contribution in [0, 0.1) is 0 Å². The molecule has 11 nitrogen and oxygen atoms in total. The zero-order valence-corrected chi connectivity index (χ0v) is 20.9. The first-order chi connectivity index (χ1) is 15.2. The summed E-state index contributed by atoms with van der Waals surface area (Å²) in [6.45, 7) is 2.54. The summed E-state index contributed by atoms with van der Waals surface area (Å²) in [5.41, 5.74) is 0.771. The summed E-state index contributed by atoms with van der Waals surface area (Å²) >= 11 is 0.833. The van der Waals surface area contributed by atoms with Gasteiger partial charge in [0.25, 0.3) is 20.2 Å². The Balaban J connectivity index is 2.46. The van der Waals surface area contributed by atoms with Crippen LogP contribution in [-0.2, 0) is 54.3 Å². The molecule has 0 saturated carbocycles. The lowest BCUT2D eigenvalue weighted by atomic mass is 9.97. The molecule has 14 heteroatoms. The van der Waals surface area contributed by atoms with E-state index in [-0.39, 0.29) is 17.5 Å². The van der Waals surface area contributed by atoms with Crippen LogP contribution in [0.3, 0.4) is 0 Å². The van der Waals surface area contributed by atoms with E-state index in [2.05, 4.69) is 5.32 Å². The van der Waals surface area contributed by atoms with Gasteiger partial charge in [-0.3, -0.25) is 18.0 Å². The number of nitrogens with one attached hydrogen (secondary N) is 1. The van der Waals surface area contributed by atoms with Gasteiger partial charge in [0, 0.05) is 19.6 Å². The molecule has 0 aliphatic carbocycles. The zero-order chi connectivity index (χ0) is 24.8. The molecule has 0 aromatic heterocycles. The van der Waals surface area contributed by atoms with Crippen molar-refractivity contribution in [3.05, 3.63) is 35.9 Å². The van der Waals surface area contributed by atoms with Crippen molar-refractivity contribution in [1.82, 2.24) is 5.32 Å². The van der Waals surface area contributed by atoms with E-state index in [9.17, 15) is 26.4 Å². The number of ether oxygens (including phenoxy) is 2. The third kappa shape index (κ3) is 9.68. The first kappa shape index (κ1) is 27.7. The summed E-state index contributed by atoms with van der Waals surface area (Å²) in [6, 6.07) is 7.75. The highest BCUT2D eigenvalue weighted by Crippen LogP contribution is 2.31. The van der Waals surface area contributed by atoms with Gasteiger partial charge in [0.15, 0.2) is 11.4 Å². The quantitative estimate of drug-likeness (QED) is 0.423. The molecule has 1 amide bonds. The van der Waals surface area contributed by atoms with Crippen LogP contribution >= 0.6 is 11.8 Å². The lowest BCUT2D eigenvalue weighted by molar-refractivity contribution is -0.253. The molecule has 0 bridgehead atoms. The van der Waals surface area contributed by atoms with Crippen LogP contribution in [0.25, 0.3) is 0 Å². The first-order valence-electron chi connectivity index (χ1n) is 9.73. The molecule has 33 heavy (non-hydrogen) atoms. The molecule has 1 aliphatic heterocycles. The Morgan fingerprint density at radius 1 is 1.00 bits per heavy atom. The maximum absolute atomic E-state index is 12.0. The molecule has 1 aromatic rings. The van der Waals surface area contributed by atoms with E-state index < -0.39 is 56.8 Å². The van der Waals surface area contributed by atoms with Crippen molar-refractivity contribution < 1.29 is 44.3 Å². The van der Waals surface area contributed by atoms with E-state index >= 15 is 0 Å². The van der Waals surface area contributed by atoms with Crippen LogP contribution in [0.1, 0.15) is 19.4 Å². The average Bonchev–Trinajstić information content (AvgIpc) is 2.67. The molecular formula is C19H27NO10S3. The minimum absolute atomic E-state index is 0.0390. The Morgan fingerprint density at radius 2 is 1.58 bits per heavy atom.